The lowest BCUT2D eigenvalue weighted by atomic mass is 10.1. The Hall–Kier alpha value is -3.64. The molecule has 0 aliphatic carbocycles. The Balaban J connectivity index is 1.35. The summed E-state index contributed by atoms with van der Waals surface area (Å²) < 4.78 is 7.65. The van der Waals surface area contributed by atoms with Crippen molar-refractivity contribution in [2.24, 2.45) is 0 Å². The molecule has 1 saturated heterocycles. The summed E-state index contributed by atoms with van der Waals surface area (Å²) in [7, 11) is 0. The van der Waals surface area contributed by atoms with Crippen LogP contribution in [0.1, 0.15) is 24.6 Å². The van der Waals surface area contributed by atoms with Crippen LogP contribution < -0.4 is 5.73 Å². The molecule has 11 heteroatoms. The first kappa shape index (κ1) is 24.1. The van der Waals surface area contributed by atoms with Crippen LogP contribution in [0.5, 0.6) is 0 Å². The van der Waals surface area contributed by atoms with Gasteiger partial charge in [-0.2, -0.15) is 0 Å². The third kappa shape index (κ3) is 4.86. The molecule has 3 heterocycles. The van der Waals surface area contributed by atoms with Crippen molar-refractivity contribution in [3.8, 4) is 0 Å². The van der Waals surface area contributed by atoms with Gasteiger partial charge >= 0.3 is 5.97 Å². The molecule has 5 N–H and O–H groups in total. The molecule has 188 valence electrons. The second kappa shape index (κ2) is 10.2. The maximum Gasteiger partial charge on any atom is 0.303 e. The summed E-state index contributed by atoms with van der Waals surface area (Å²) in [4.78, 5) is 25.5. The molecule has 1 aliphatic rings. The average molecular weight is 493 g/mol. The third-order valence-electron chi connectivity index (χ3n) is 6.52. The van der Waals surface area contributed by atoms with Gasteiger partial charge in [0.25, 0.3) is 0 Å². The number of benzene rings is 2. The number of rotatable bonds is 9. The molecule has 0 bridgehead atoms. The number of carbonyl (C=O) groups is 1. The van der Waals surface area contributed by atoms with E-state index in [0.29, 0.717) is 37.2 Å². The van der Waals surface area contributed by atoms with Gasteiger partial charge in [-0.05, 0) is 35.4 Å². The average Bonchev–Trinajstić information content (AvgIpc) is 3.41. The zero-order valence-electron chi connectivity index (χ0n) is 19.5. The van der Waals surface area contributed by atoms with E-state index in [-0.39, 0.29) is 12.2 Å². The van der Waals surface area contributed by atoms with Crippen LogP contribution in [0.15, 0.2) is 55.1 Å². The van der Waals surface area contributed by atoms with Crippen molar-refractivity contribution in [1.29, 1.82) is 0 Å². The van der Waals surface area contributed by atoms with Crippen LogP contribution in [0.3, 0.4) is 0 Å². The third-order valence-corrected chi connectivity index (χ3v) is 6.52. The van der Waals surface area contributed by atoms with E-state index >= 15 is 0 Å². The molecule has 0 unspecified atom stereocenters. The molecule has 11 nitrogen and oxygen atoms in total. The van der Waals surface area contributed by atoms with E-state index < -0.39 is 30.5 Å². The van der Waals surface area contributed by atoms with Crippen LogP contribution in [-0.2, 0) is 16.1 Å². The number of aliphatic hydroxyl groups is 2. The van der Waals surface area contributed by atoms with Crippen LogP contribution >= 0.6 is 0 Å². The van der Waals surface area contributed by atoms with Crippen molar-refractivity contribution < 1.29 is 24.9 Å². The summed E-state index contributed by atoms with van der Waals surface area (Å²) in [5.74, 6) is -0.648. The maximum atomic E-state index is 11.1. The van der Waals surface area contributed by atoms with E-state index in [1.54, 1.807) is 4.57 Å². The molecule has 0 saturated carbocycles. The van der Waals surface area contributed by atoms with Crippen molar-refractivity contribution in [3.05, 3.63) is 60.7 Å². The summed E-state index contributed by atoms with van der Waals surface area (Å²) in [6.07, 6.45) is -0.763. The standard InChI is InChI=1S/C25H28N6O5/c26-23-20-24(28-13-27-23)31(14-29-20)25-22(35)21(34)18(36-25)12-30(9-3-6-19(32)33)11-15-7-8-16-4-1-2-5-17(16)10-15/h1-2,4-5,7-8,10,13-14,18,21-22,25,34-35H,3,6,9,11-12H2,(H,32,33)(H2,26,27,28)/t18-,21-,22-,25-/m1/s1. The number of nitrogens with zero attached hydrogens (tertiary/aromatic N) is 5. The van der Waals surface area contributed by atoms with Crippen LogP contribution in [0, 0.1) is 0 Å². The summed E-state index contributed by atoms with van der Waals surface area (Å²) in [6.45, 7) is 1.32. The van der Waals surface area contributed by atoms with E-state index in [4.69, 9.17) is 15.6 Å². The van der Waals surface area contributed by atoms with Gasteiger partial charge in [0.2, 0.25) is 0 Å². The Labute approximate surface area is 206 Å². The van der Waals surface area contributed by atoms with Crippen molar-refractivity contribution in [2.45, 2.75) is 43.9 Å². The summed E-state index contributed by atoms with van der Waals surface area (Å²) >= 11 is 0. The normalized spacial score (nSPS) is 22.1. The van der Waals surface area contributed by atoms with Crippen molar-refractivity contribution >= 4 is 33.7 Å². The number of hydrogen-bond acceptors (Lipinski definition) is 9. The van der Waals surface area contributed by atoms with E-state index in [2.05, 4.69) is 27.1 Å². The van der Waals surface area contributed by atoms with Gasteiger partial charge in [0.1, 0.15) is 30.2 Å². The van der Waals surface area contributed by atoms with Crippen LogP contribution in [-0.4, -0.2) is 77.1 Å². The highest BCUT2D eigenvalue weighted by Gasteiger charge is 2.44. The van der Waals surface area contributed by atoms with Crippen LogP contribution in [0.2, 0.25) is 0 Å². The molecule has 2 aromatic heterocycles. The Morgan fingerprint density at radius 3 is 2.69 bits per heavy atom. The SMILES string of the molecule is Nc1ncnc2c1ncn2[C@@H]1O[C@H](CN(CCCC(=O)O)Cc2ccc3ccccc3c2)[C@@H](O)[C@H]1O. The van der Waals surface area contributed by atoms with Crippen LogP contribution in [0.25, 0.3) is 21.9 Å². The largest absolute Gasteiger partial charge is 0.481 e. The minimum Gasteiger partial charge on any atom is -0.481 e. The minimum absolute atomic E-state index is 0.0374. The number of aliphatic carboxylic acids is 1. The van der Waals surface area contributed by atoms with E-state index in [1.165, 1.54) is 12.7 Å². The number of aromatic nitrogens is 4. The lowest BCUT2D eigenvalue weighted by molar-refractivity contribution is -0.137. The molecule has 2 aromatic carbocycles. The number of fused-ring (bicyclic) bond motifs is 2. The first-order chi connectivity index (χ1) is 17.4. The molecule has 36 heavy (non-hydrogen) atoms. The number of nitrogen functional groups attached to an aromatic ring is 1. The Kier molecular flexibility index (Phi) is 6.79. The predicted molar refractivity (Wildman–Crippen MR) is 132 cm³/mol. The topological polar surface area (TPSA) is 160 Å². The van der Waals surface area contributed by atoms with Gasteiger partial charge in [-0.25, -0.2) is 15.0 Å². The Morgan fingerprint density at radius 2 is 1.89 bits per heavy atom. The molecule has 4 aromatic rings. The van der Waals surface area contributed by atoms with Crippen molar-refractivity contribution in [1.82, 2.24) is 24.4 Å². The van der Waals surface area contributed by atoms with Gasteiger partial charge in [-0.1, -0.05) is 36.4 Å². The maximum absolute atomic E-state index is 11.1. The summed E-state index contributed by atoms with van der Waals surface area (Å²) in [5, 5.41) is 33.0. The molecule has 5 rings (SSSR count). The number of carboxylic acids is 1. The van der Waals surface area contributed by atoms with Gasteiger partial charge in [-0.15, -0.1) is 0 Å². The zero-order valence-corrected chi connectivity index (χ0v) is 19.5. The smallest absolute Gasteiger partial charge is 0.303 e. The van der Waals surface area contributed by atoms with E-state index in [1.807, 2.05) is 35.2 Å². The number of hydrogen-bond donors (Lipinski definition) is 4. The monoisotopic (exact) mass is 492 g/mol. The molecular weight excluding hydrogens is 464 g/mol. The number of ether oxygens (including phenoxy) is 1. The second-order valence-corrected chi connectivity index (χ2v) is 9.04. The summed E-state index contributed by atoms with van der Waals surface area (Å²) in [5.41, 5.74) is 7.71. The quantitative estimate of drug-likeness (QED) is 0.270. The van der Waals surface area contributed by atoms with Gasteiger partial charge in [-0.3, -0.25) is 14.3 Å². The molecule has 0 spiro atoms. The molecule has 0 amide bonds. The Morgan fingerprint density at radius 1 is 1.08 bits per heavy atom. The lowest BCUT2D eigenvalue weighted by Gasteiger charge is -2.27. The molecule has 1 aliphatic heterocycles. The molecule has 1 fully saturated rings. The highest BCUT2D eigenvalue weighted by Crippen LogP contribution is 2.32. The number of carboxylic acid groups (broad SMARTS) is 1. The molecule has 0 radical (unpaired) electrons. The number of aliphatic hydroxyl groups excluding tert-OH is 2. The first-order valence-electron chi connectivity index (χ1n) is 11.8. The Bertz CT molecular complexity index is 1380. The summed E-state index contributed by atoms with van der Waals surface area (Å²) in [6, 6.07) is 14.3. The minimum atomic E-state index is -1.22. The van der Waals surface area contributed by atoms with Gasteiger partial charge < -0.3 is 25.8 Å². The van der Waals surface area contributed by atoms with Crippen LogP contribution in [0.4, 0.5) is 5.82 Å². The highest BCUT2D eigenvalue weighted by atomic mass is 16.6. The molecule has 4 atom stereocenters. The van der Waals surface area contributed by atoms with Gasteiger partial charge in [0.05, 0.1) is 6.33 Å². The fourth-order valence-electron chi connectivity index (χ4n) is 4.70. The van der Waals surface area contributed by atoms with Crippen molar-refractivity contribution in [2.75, 3.05) is 18.8 Å². The zero-order chi connectivity index (χ0) is 25.2. The molecular formula is C25H28N6O5. The van der Waals surface area contributed by atoms with Gasteiger partial charge in [0, 0.05) is 19.5 Å². The highest BCUT2D eigenvalue weighted by molar-refractivity contribution is 5.83. The first-order valence-corrected chi connectivity index (χ1v) is 11.8. The second-order valence-electron chi connectivity index (χ2n) is 9.04. The number of nitrogens with two attached hydrogens (primary N) is 1. The van der Waals surface area contributed by atoms with E-state index in [9.17, 15) is 15.0 Å². The number of imidazole rings is 1. The van der Waals surface area contributed by atoms with Crippen molar-refractivity contribution in [3.63, 3.8) is 0 Å². The van der Waals surface area contributed by atoms with E-state index in [0.717, 1.165) is 16.3 Å². The number of anilines is 1. The predicted octanol–water partition coefficient (Wildman–Crippen LogP) is 1.55. The fourth-order valence-corrected chi connectivity index (χ4v) is 4.70. The van der Waals surface area contributed by atoms with Gasteiger partial charge in [0.15, 0.2) is 17.7 Å². The lowest BCUT2D eigenvalue weighted by Crippen LogP contribution is -2.40. The fraction of sp³-hybridized carbons (Fsp3) is 0.360.